The molecule has 0 bridgehead atoms. The van der Waals surface area contributed by atoms with E-state index in [1.807, 2.05) is 0 Å². The first-order valence-corrected chi connectivity index (χ1v) is 4.47. The molecular formula is C10H13NO4. The molecule has 0 saturated heterocycles. The second-order valence-electron chi connectivity index (χ2n) is 2.82. The van der Waals surface area contributed by atoms with Gasteiger partial charge in [0.25, 0.3) is 0 Å². The van der Waals surface area contributed by atoms with Gasteiger partial charge in [0.2, 0.25) is 0 Å². The lowest BCUT2D eigenvalue weighted by molar-refractivity contribution is 0.133. The lowest BCUT2D eigenvalue weighted by Crippen LogP contribution is -2.17. The van der Waals surface area contributed by atoms with Gasteiger partial charge in [0.15, 0.2) is 0 Å². The van der Waals surface area contributed by atoms with Crippen LogP contribution in [0.5, 0.6) is 5.75 Å². The Balaban J connectivity index is 2.33. The van der Waals surface area contributed by atoms with Crippen molar-refractivity contribution in [3.05, 3.63) is 29.8 Å². The molecular weight excluding hydrogens is 198 g/mol. The standard InChI is InChI=1S/C10H13NO4/c11-10(13)15-5-4-14-9-3-1-2-8(6-9)7-12/h1-3,6,12H,4-5,7H2,(H2,11,13). The molecule has 0 saturated carbocycles. The van der Waals surface area contributed by atoms with Crippen molar-refractivity contribution in [1.29, 1.82) is 0 Å². The van der Waals surface area contributed by atoms with Crippen molar-refractivity contribution >= 4 is 6.09 Å². The normalized spacial score (nSPS) is 9.67. The van der Waals surface area contributed by atoms with Crippen molar-refractivity contribution in [3.63, 3.8) is 0 Å². The summed E-state index contributed by atoms with van der Waals surface area (Å²) in [6, 6.07) is 7.02. The number of hydrogen-bond donors (Lipinski definition) is 2. The first-order valence-electron chi connectivity index (χ1n) is 4.47. The zero-order valence-corrected chi connectivity index (χ0v) is 8.18. The SMILES string of the molecule is NC(=O)OCCOc1cccc(CO)c1. The quantitative estimate of drug-likeness (QED) is 0.701. The van der Waals surface area contributed by atoms with Gasteiger partial charge in [-0.3, -0.25) is 0 Å². The molecule has 0 atom stereocenters. The smallest absolute Gasteiger partial charge is 0.404 e. The molecule has 5 heteroatoms. The molecule has 0 aromatic heterocycles. The molecule has 1 rings (SSSR count). The zero-order valence-electron chi connectivity index (χ0n) is 8.18. The molecule has 0 aliphatic rings. The lowest BCUT2D eigenvalue weighted by Gasteiger charge is -2.06. The molecule has 0 unspecified atom stereocenters. The topological polar surface area (TPSA) is 81.8 Å². The number of amides is 1. The van der Waals surface area contributed by atoms with E-state index in [0.717, 1.165) is 5.56 Å². The molecule has 0 aliphatic heterocycles. The van der Waals surface area contributed by atoms with Crippen molar-refractivity contribution < 1.29 is 19.4 Å². The Morgan fingerprint density at radius 1 is 1.40 bits per heavy atom. The van der Waals surface area contributed by atoms with Crippen LogP contribution >= 0.6 is 0 Å². The summed E-state index contributed by atoms with van der Waals surface area (Å²) in [5, 5.41) is 8.86. The fraction of sp³-hybridized carbons (Fsp3) is 0.300. The summed E-state index contributed by atoms with van der Waals surface area (Å²) in [6.45, 7) is 0.311. The molecule has 0 aliphatic carbocycles. The van der Waals surface area contributed by atoms with Crippen LogP contribution in [0.15, 0.2) is 24.3 Å². The largest absolute Gasteiger partial charge is 0.490 e. The van der Waals surface area contributed by atoms with E-state index in [2.05, 4.69) is 4.74 Å². The van der Waals surface area contributed by atoms with Crippen LogP contribution < -0.4 is 10.5 Å². The summed E-state index contributed by atoms with van der Waals surface area (Å²) in [5.41, 5.74) is 5.53. The Hall–Kier alpha value is -1.75. The Labute approximate surface area is 87.4 Å². The summed E-state index contributed by atoms with van der Waals surface area (Å²) in [4.78, 5) is 10.2. The van der Waals surface area contributed by atoms with Crippen LogP contribution in [-0.4, -0.2) is 24.4 Å². The van der Waals surface area contributed by atoms with E-state index in [-0.39, 0.29) is 19.8 Å². The van der Waals surface area contributed by atoms with Crippen LogP contribution in [0.1, 0.15) is 5.56 Å². The number of benzene rings is 1. The van der Waals surface area contributed by atoms with Crippen LogP contribution in [0, 0.1) is 0 Å². The van der Waals surface area contributed by atoms with E-state index in [0.29, 0.717) is 5.75 Å². The van der Waals surface area contributed by atoms with Crippen molar-refractivity contribution in [2.45, 2.75) is 6.61 Å². The van der Waals surface area contributed by atoms with Gasteiger partial charge in [0, 0.05) is 0 Å². The third kappa shape index (κ3) is 4.33. The van der Waals surface area contributed by atoms with Gasteiger partial charge in [-0.25, -0.2) is 4.79 Å². The second kappa shape index (κ2) is 5.87. The molecule has 0 heterocycles. The van der Waals surface area contributed by atoms with E-state index in [1.165, 1.54) is 0 Å². The number of rotatable bonds is 5. The van der Waals surface area contributed by atoms with E-state index in [1.54, 1.807) is 24.3 Å². The zero-order chi connectivity index (χ0) is 11.1. The molecule has 15 heavy (non-hydrogen) atoms. The van der Waals surface area contributed by atoms with Gasteiger partial charge < -0.3 is 20.3 Å². The summed E-state index contributed by atoms with van der Waals surface area (Å²) < 4.78 is 9.74. The molecule has 5 nitrogen and oxygen atoms in total. The fourth-order valence-electron chi connectivity index (χ4n) is 1.04. The lowest BCUT2D eigenvalue weighted by atomic mass is 10.2. The summed E-state index contributed by atoms with van der Waals surface area (Å²) in [5.74, 6) is 0.620. The van der Waals surface area contributed by atoms with Crippen molar-refractivity contribution in [2.24, 2.45) is 5.73 Å². The average molecular weight is 211 g/mol. The molecule has 1 aromatic rings. The van der Waals surface area contributed by atoms with Crippen LogP contribution in [0.25, 0.3) is 0 Å². The maximum atomic E-state index is 10.2. The van der Waals surface area contributed by atoms with E-state index < -0.39 is 6.09 Å². The fourth-order valence-corrected chi connectivity index (χ4v) is 1.04. The van der Waals surface area contributed by atoms with Gasteiger partial charge in [0.05, 0.1) is 6.61 Å². The molecule has 1 aromatic carbocycles. The number of primary amides is 1. The first-order chi connectivity index (χ1) is 7.22. The first kappa shape index (κ1) is 11.3. The van der Waals surface area contributed by atoms with Crippen LogP contribution in [0.2, 0.25) is 0 Å². The highest BCUT2D eigenvalue weighted by atomic mass is 16.6. The van der Waals surface area contributed by atoms with Crippen molar-refractivity contribution in [2.75, 3.05) is 13.2 Å². The highest BCUT2D eigenvalue weighted by Crippen LogP contribution is 2.12. The summed E-state index contributed by atoms with van der Waals surface area (Å²) in [7, 11) is 0. The average Bonchev–Trinajstić information content (AvgIpc) is 2.24. The summed E-state index contributed by atoms with van der Waals surface area (Å²) in [6.07, 6.45) is -0.817. The van der Waals surface area contributed by atoms with Crippen LogP contribution in [0.3, 0.4) is 0 Å². The number of nitrogens with two attached hydrogens (primary N) is 1. The van der Waals surface area contributed by atoms with Gasteiger partial charge in [-0.15, -0.1) is 0 Å². The number of carbonyl (C=O) groups is 1. The van der Waals surface area contributed by atoms with Gasteiger partial charge in [0.1, 0.15) is 19.0 Å². The Bertz CT molecular complexity index is 327. The molecule has 82 valence electrons. The van der Waals surface area contributed by atoms with E-state index in [4.69, 9.17) is 15.6 Å². The predicted molar refractivity (Wildman–Crippen MR) is 53.4 cm³/mol. The van der Waals surface area contributed by atoms with Crippen molar-refractivity contribution in [3.8, 4) is 5.75 Å². The van der Waals surface area contributed by atoms with E-state index in [9.17, 15) is 4.79 Å². The number of hydrogen-bond acceptors (Lipinski definition) is 4. The van der Waals surface area contributed by atoms with E-state index >= 15 is 0 Å². The number of aliphatic hydroxyl groups is 1. The second-order valence-corrected chi connectivity index (χ2v) is 2.82. The predicted octanol–water partition coefficient (Wildman–Crippen LogP) is 0.653. The molecule has 0 radical (unpaired) electrons. The number of carbonyl (C=O) groups excluding carboxylic acids is 1. The van der Waals surface area contributed by atoms with Crippen LogP contribution in [0.4, 0.5) is 4.79 Å². The van der Waals surface area contributed by atoms with Crippen molar-refractivity contribution in [1.82, 2.24) is 0 Å². The van der Waals surface area contributed by atoms with Gasteiger partial charge >= 0.3 is 6.09 Å². The van der Waals surface area contributed by atoms with Gasteiger partial charge in [-0.1, -0.05) is 12.1 Å². The molecule has 0 spiro atoms. The minimum Gasteiger partial charge on any atom is -0.490 e. The third-order valence-electron chi connectivity index (χ3n) is 1.68. The van der Waals surface area contributed by atoms with Crippen LogP contribution in [-0.2, 0) is 11.3 Å². The third-order valence-corrected chi connectivity index (χ3v) is 1.68. The Kier molecular flexibility index (Phi) is 4.43. The highest BCUT2D eigenvalue weighted by molar-refractivity contribution is 5.64. The summed E-state index contributed by atoms with van der Waals surface area (Å²) >= 11 is 0. The Morgan fingerprint density at radius 3 is 2.87 bits per heavy atom. The maximum Gasteiger partial charge on any atom is 0.404 e. The minimum atomic E-state index is -0.817. The molecule has 0 fully saturated rings. The highest BCUT2D eigenvalue weighted by Gasteiger charge is 1.97. The number of ether oxygens (including phenoxy) is 2. The number of aliphatic hydroxyl groups excluding tert-OH is 1. The molecule has 1 amide bonds. The minimum absolute atomic E-state index is 0.0328. The van der Waals surface area contributed by atoms with Gasteiger partial charge in [-0.05, 0) is 17.7 Å². The Morgan fingerprint density at radius 2 is 2.20 bits per heavy atom. The molecule has 3 N–H and O–H groups in total. The monoisotopic (exact) mass is 211 g/mol. The van der Waals surface area contributed by atoms with Gasteiger partial charge in [-0.2, -0.15) is 0 Å². The maximum absolute atomic E-state index is 10.2.